The van der Waals surface area contributed by atoms with Crippen molar-refractivity contribution in [2.24, 2.45) is 4.99 Å². The molecule has 0 radical (unpaired) electrons. The van der Waals surface area contributed by atoms with Gasteiger partial charge in [-0.05, 0) is 63.9 Å². The molecule has 0 spiro atoms. The number of likely N-dealkylation sites (N-methyl/N-ethyl adjacent to an activating group) is 1. The van der Waals surface area contributed by atoms with Gasteiger partial charge in [-0.25, -0.2) is 0 Å². The molecule has 1 saturated heterocycles. The van der Waals surface area contributed by atoms with Crippen LogP contribution in [0.2, 0.25) is 0 Å². The van der Waals surface area contributed by atoms with Gasteiger partial charge in [0.1, 0.15) is 0 Å². The summed E-state index contributed by atoms with van der Waals surface area (Å²) in [6.07, 6.45) is 3.47. The second-order valence-corrected chi connectivity index (χ2v) is 6.70. The van der Waals surface area contributed by atoms with Gasteiger partial charge in [0, 0.05) is 26.2 Å². The van der Waals surface area contributed by atoms with E-state index in [9.17, 15) is 0 Å². The van der Waals surface area contributed by atoms with Crippen LogP contribution in [0.5, 0.6) is 11.5 Å². The minimum absolute atomic E-state index is 0. The standard InChI is InChI=1S/C21H36N4O2.HI/c1-5-25-14-8-9-18(25)16-24-21(22-4)23-13-12-17-10-11-19(26-6-2)20(15-17)27-7-3;/h10-11,15,18H,5-9,12-14,16H2,1-4H3,(H2,22,23,24);1H. The number of rotatable bonds is 10. The summed E-state index contributed by atoms with van der Waals surface area (Å²) in [4.78, 5) is 6.88. The number of halogens is 1. The fourth-order valence-electron chi connectivity index (χ4n) is 3.55. The van der Waals surface area contributed by atoms with Crippen LogP contribution in [0, 0.1) is 0 Å². The molecule has 1 aromatic rings. The van der Waals surface area contributed by atoms with Gasteiger partial charge in [-0.15, -0.1) is 24.0 Å². The largest absolute Gasteiger partial charge is 0.490 e. The lowest BCUT2D eigenvalue weighted by atomic mass is 10.1. The molecule has 0 aliphatic carbocycles. The highest BCUT2D eigenvalue weighted by atomic mass is 127. The first-order chi connectivity index (χ1) is 13.2. The number of guanidine groups is 1. The molecule has 1 aliphatic heterocycles. The first kappa shape index (κ1) is 24.8. The lowest BCUT2D eigenvalue weighted by Gasteiger charge is -2.24. The Morgan fingerprint density at radius 2 is 1.89 bits per heavy atom. The van der Waals surface area contributed by atoms with Gasteiger partial charge in [0.15, 0.2) is 17.5 Å². The van der Waals surface area contributed by atoms with E-state index >= 15 is 0 Å². The molecule has 0 saturated carbocycles. The van der Waals surface area contributed by atoms with E-state index in [0.29, 0.717) is 19.3 Å². The summed E-state index contributed by atoms with van der Waals surface area (Å²) in [6, 6.07) is 6.79. The highest BCUT2D eigenvalue weighted by molar-refractivity contribution is 14.0. The number of hydrogen-bond donors (Lipinski definition) is 2. The van der Waals surface area contributed by atoms with E-state index in [1.54, 1.807) is 0 Å². The number of nitrogens with zero attached hydrogens (tertiary/aromatic N) is 2. The summed E-state index contributed by atoms with van der Waals surface area (Å²) in [5, 5.41) is 6.89. The lowest BCUT2D eigenvalue weighted by molar-refractivity contribution is 0.267. The smallest absolute Gasteiger partial charge is 0.191 e. The van der Waals surface area contributed by atoms with Gasteiger partial charge in [-0.3, -0.25) is 9.89 Å². The van der Waals surface area contributed by atoms with Crippen molar-refractivity contribution >= 4 is 29.9 Å². The molecule has 1 atom stereocenters. The summed E-state index contributed by atoms with van der Waals surface area (Å²) in [6.45, 7) is 11.6. The third kappa shape index (κ3) is 7.66. The van der Waals surface area contributed by atoms with Crippen LogP contribution in [-0.2, 0) is 6.42 Å². The van der Waals surface area contributed by atoms with E-state index in [4.69, 9.17) is 9.47 Å². The normalized spacial score (nSPS) is 17.1. The zero-order chi connectivity index (χ0) is 19.5. The van der Waals surface area contributed by atoms with Gasteiger partial charge in [0.25, 0.3) is 0 Å². The molecule has 1 aliphatic rings. The van der Waals surface area contributed by atoms with E-state index in [1.165, 1.54) is 24.9 Å². The van der Waals surface area contributed by atoms with Crippen LogP contribution in [-0.4, -0.2) is 63.3 Å². The van der Waals surface area contributed by atoms with Gasteiger partial charge in [0.2, 0.25) is 0 Å². The molecular formula is C21H37IN4O2. The Hall–Kier alpha value is -1.22. The van der Waals surface area contributed by atoms with Gasteiger partial charge in [0.05, 0.1) is 13.2 Å². The van der Waals surface area contributed by atoms with Gasteiger partial charge < -0.3 is 20.1 Å². The molecule has 0 aromatic heterocycles. The summed E-state index contributed by atoms with van der Waals surface area (Å²) >= 11 is 0. The van der Waals surface area contributed by atoms with E-state index in [1.807, 2.05) is 27.0 Å². The summed E-state index contributed by atoms with van der Waals surface area (Å²) in [7, 11) is 1.83. The molecule has 1 unspecified atom stereocenters. The van der Waals surface area contributed by atoms with Gasteiger partial charge in [-0.2, -0.15) is 0 Å². The Morgan fingerprint density at radius 3 is 2.57 bits per heavy atom. The molecule has 28 heavy (non-hydrogen) atoms. The van der Waals surface area contributed by atoms with Crippen molar-refractivity contribution < 1.29 is 9.47 Å². The van der Waals surface area contributed by atoms with E-state index in [2.05, 4.69) is 39.6 Å². The van der Waals surface area contributed by atoms with E-state index in [0.717, 1.165) is 43.5 Å². The Kier molecular flexibility index (Phi) is 12.3. The minimum Gasteiger partial charge on any atom is -0.490 e. The van der Waals surface area contributed by atoms with E-state index < -0.39 is 0 Å². The highest BCUT2D eigenvalue weighted by Crippen LogP contribution is 2.28. The lowest BCUT2D eigenvalue weighted by Crippen LogP contribution is -2.45. The maximum absolute atomic E-state index is 5.71. The van der Waals surface area contributed by atoms with Crippen LogP contribution in [0.3, 0.4) is 0 Å². The number of benzene rings is 1. The van der Waals surface area contributed by atoms with Crippen LogP contribution in [0.1, 0.15) is 39.2 Å². The van der Waals surface area contributed by atoms with Crippen molar-refractivity contribution in [3.63, 3.8) is 0 Å². The average Bonchev–Trinajstić information content (AvgIpc) is 3.14. The molecule has 2 rings (SSSR count). The first-order valence-corrected chi connectivity index (χ1v) is 10.3. The molecule has 1 aromatic carbocycles. The van der Waals surface area contributed by atoms with Crippen LogP contribution >= 0.6 is 24.0 Å². The number of likely N-dealkylation sites (tertiary alicyclic amines) is 1. The van der Waals surface area contributed by atoms with Crippen molar-refractivity contribution in [1.82, 2.24) is 15.5 Å². The summed E-state index contributed by atoms with van der Waals surface area (Å²) in [5.74, 6) is 2.50. The molecule has 0 amide bonds. The number of hydrogen-bond acceptors (Lipinski definition) is 4. The topological polar surface area (TPSA) is 58.1 Å². The molecule has 1 fully saturated rings. The maximum atomic E-state index is 5.71. The first-order valence-electron chi connectivity index (χ1n) is 10.3. The Morgan fingerprint density at radius 1 is 1.14 bits per heavy atom. The number of ether oxygens (including phenoxy) is 2. The quantitative estimate of drug-likeness (QED) is 0.291. The second-order valence-electron chi connectivity index (χ2n) is 6.70. The number of aliphatic imine (C=N–C) groups is 1. The molecular weight excluding hydrogens is 467 g/mol. The Balaban J connectivity index is 0.00000392. The van der Waals surface area contributed by atoms with Crippen molar-refractivity contribution in [3.05, 3.63) is 23.8 Å². The van der Waals surface area contributed by atoms with Crippen LogP contribution in [0.4, 0.5) is 0 Å². The fourth-order valence-corrected chi connectivity index (χ4v) is 3.55. The van der Waals surface area contributed by atoms with Gasteiger partial charge >= 0.3 is 0 Å². The van der Waals surface area contributed by atoms with Crippen molar-refractivity contribution in [3.8, 4) is 11.5 Å². The van der Waals surface area contributed by atoms with Crippen molar-refractivity contribution in [1.29, 1.82) is 0 Å². The zero-order valence-electron chi connectivity index (χ0n) is 17.8. The second kappa shape index (κ2) is 13.9. The Labute approximate surface area is 187 Å². The van der Waals surface area contributed by atoms with E-state index in [-0.39, 0.29) is 24.0 Å². The van der Waals surface area contributed by atoms with Gasteiger partial charge in [-0.1, -0.05) is 13.0 Å². The maximum Gasteiger partial charge on any atom is 0.191 e. The minimum atomic E-state index is 0. The fraction of sp³-hybridized carbons (Fsp3) is 0.667. The summed E-state index contributed by atoms with van der Waals surface area (Å²) in [5.41, 5.74) is 1.22. The molecule has 2 N–H and O–H groups in total. The van der Waals surface area contributed by atoms with Crippen LogP contribution < -0.4 is 20.1 Å². The third-order valence-electron chi connectivity index (χ3n) is 4.95. The molecule has 160 valence electrons. The Bertz CT molecular complexity index is 598. The third-order valence-corrected chi connectivity index (χ3v) is 4.95. The van der Waals surface area contributed by atoms with Crippen LogP contribution in [0.25, 0.3) is 0 Å². The predicted molar refractivity (Wildman–Crippen MR) is 128 cm³/mol. The molecule has 1 heterocycles. The molecule has 6 nitrogen and oxygen atoms in total. The SMILES string of the molecule is CCOc1ccc(CCNC(=NC)NCC2CCCN2CC)cc1OCC.I. The van der Waals surface area contributed by atoms with Crippen molar-refractivity contribution in [2.45, 2.75) is 46.1 Å². The zero-order valence-corrected chi connectivity index (χ0v) is 20.1. The molecule has 0 bridgehead atoms. The monoisotopic (exact) mass is 504 g/mol. The van der Waals surface area contributed by atoms with Crippen LogP contribution in [0.15, 0.2) is 23.2 Å². The summed E-state index contributed by atoms with van der Waals surface area (Å²) < 4.78 is 11.3. The predicted octanol–water partition coefficient (Wildman–Crippen LogP) is 3.29. The number of nitrogens with one attached hydrogen (secondary N) is 2. The highest BCUT2D eigenvalue weighted by Gasteiger charge is 2.22. The molecule has 7 heteroatoms. The average molecular weight is 504 g/mol. The van der Waals surface area contributed by atoms with Crippen molar-refractivity contribution in [2.75, 3.05) is 46.4 Å².